The number of carboxylic acids is 1. The van der Waals surface area contributed by atoms with E-state index in [1.165, 1.54) is 12.8 Å². The fourth-order valence-electron chi connectivity index (χ4n) is 3.14. The van der Waals surface area contributed by atoms with E-state index in [1.54, 1.807) is 0 Å². The predicted octanol–water partition coefficient (Wildman–Crippen LogP) is 3.15. The Hall–Kier alpha value is -1.26. The van der Waals surface area contributed by atoms with Gasteiger partial charge >= 0.3 is 12.0 Å². The number of amides is 2. The van der Waals surface area contributed by atoms with Crippen LogP contribution in [0.3, 0.4) is 0 Å². The average Bonchev–Trinajstić information content (AvgIpc) is 2.81. The summed E-state index contributed by atoms with van der Waals surface area (Å²) >= 11 is 0. The molecule has 0 aromatic carbocycles. The monoisotopic (exact) mass is 298 g/mol. The molecule has 0 aromatic heterocycles. The summed E-state index contributed by atoms with van der Waals surface area (Å²) in [4.78, 5) is 22.5. The molecule has 1 rings (SSSR count). The smallest absolute Gasteiger partial charge is 0.315 e. The van der Waals surface area contributed by atoms with E-state index in [4.69, 9.17) is 5.11 Å². The lowest BCUT2D eigenvalue weighted by Crippen LogP contribution is -2.43. The lowest BCUT2D eigenvalue weighted by atomic mass is 9.94. The maximum Gasteiger partial charge on any atom is 0.315 e. The van der Waals surface area contributed by atoms with Gasteiger partial charge in [0.1, 0.15) is 0 Å². The minimum Gasteiger partial charge on any atom is -0.481 e. The van der Waals surface area contributed by atoms with E-state index in [2.05, 4.69) is 24.5 Å². The van der Waals surface area contributed by atoms with Crippen molar-refractivity contribution in [1.82, 2.24) is 10.6 Å². The Morgan fingerprint density at radius 1 is 1.24 bits per heavy atom. The number of carboxylic acid groups (broad SMARTS) is 1. The van der Waals surface area contributed by atoms with Gasteiger partial charge in [-0.15, -0.1) is 0 Å². The van der Waals surface area contributed by atoms with Gasteiger partial charge in [0.25, 0.3) is 0 Å². The summed E-state index contributed by atoms with van der Waals surface area (Å²) in [6.07, 6.45) is 7.31. The Morgan fingerprint density at radius 2 is 2.00 bits per heavy atom. The second-order valence-corrected chi connectivity index (χ2v) is 6.29. The van der Waals surface area contributed by atoms with Crippen molar-refractivity contribution in [2.45, 2.75) is 71.3 Å². The molecule has 122 valence electrons. The van der Waals surface area contributed by atoms with Crippen molar-refractivity contribution < 1.29 is 14.7 Å². The number of carbonyl (C=O) groups excluding carboxylic acids is 1. The van der Waals surface area contributed by atoms with Crippen LogP contribution >= 0.6 is 0 Å². The Balaban J connectivity index is 2.19. The highest BCUT2D eigenvalue weighted by Crippen LogP contribution is 2.24. The zero-order chi connectivity index (χ0) is 15.7. The highest BCUT2D eigenvalue weighted by Gasteiger charge is 2.24. The number of nitrogens with one attached hydrogen (secondary N) is 2. The molecule has 0 spiro atoms. The molecular formula is C16H30N2O3. The van der Waals surface area contributed by atoms with E-state index in [-0.39, 0.29) is 12.5 Å². The fourth-order valence-corrected chi connectivity index (χ4v) is 3.14. The van der Waals surface area contributed by atoms with Gasteiger partial charge in [-0.2, -0.15) is 0 Å². The molecule has 3 N–H and O–H groups in total. The van der Waals surface area contributed by atoms with Crippen LogP contribution in [-0.4, -0.2) is 29.7 Å². The highest BCUT2D eigenvalue weighted by molar-refractivity contribution is 5.74. The maximum absolute atomic E-state index is 11.8. The largest absolute Gasteiger partial charge is 0.481 e. The second-order valence-electron chi connectivity index (χ2n) is 6.29. The zero-order valence-corrected chi connectivity index (χ0v) is 13.4. The summed E-state index contributed by atoms with van der Waals surface area (Å²) in [6, 6.07) is 0.227. The third-order valence-corrected chi connectivity index (χ3v) is 4.48. The SMILES string of the molecule is CCCC(CCNC(=O)NC1CCCC1C)CCC(=O)O. The normalized spacial score (nSPS) is 22.8. The van der Waals surface area contributed by atoms with Gasteiger partial charge in [0, 0.05) is 19.0 Å². The minimum atomic E-state index is -0.739. The van der Waals surface area contributed by atoms with Crippen LogP contribution in [0.4, 0.5) is 4.79 Å². The zero-order valence-electron chi connectivity index (χ0n) is 13.4. The molecule has 0 radical (unpaired) electrons. The number of aliphatic carboxylic acids is 1. The van der Waals surface area contributed by atoms with E-state index in [9.17, 15) is 9.59 Å². The predicted molar refractivity (Wildman–Crippen MR) is 83.2 cm³/mol. The Bertz CT molecular complexity index is 333. The van der Waals surface area contributed by atoms with E-state index >= 15 is 0 Å². The molecule has 0 aromatic rings. The first-order valence-electron chi connectivity index (χ1n) is 8.29. The van der Waals surface area contributed by atoms with Crippen LogP contribution < -0.4 is 10.6 Å². The molecule has 1 aliphatic carbocycles. The standard InChI is InChI=1S/C16H30N2O3/c1-3-5-13(8-9-15(19)20)10-11-17-16(21)18-14-7-4-6-12(14)2/h12-14H,3-11H2,1-2H3,(H,19,20)(H2,17,18,21). The third-order valence-electron chi connectivity index (χ3n) is 4.48. The van der Waals surface area contributed by atoms with Gasteiger partial charge < -0.3 is 15.7 Å². The molecule has 1 aliphatic rings. The number of rotatable bonds is 9. The Morgan fingerprint density at radius 3 is 2.57 bits per heavy atom. The molecule has 1 fully saturated rings. The van der Waals surface area contributed by atoms with Crippen LogP contribution in [0.5, 0.6) is 0 Å². The highest BCUT2D eigenvalue weighted by atomic mass is 16.4. The van der Waals surface area contributed by atoms with E-state index in [0.29, 0.717) is 30.8 Å². The van der Waals surface area contributed by atoms with Crippen LogP contribution in [0.15, 0.2) is 0 Å². The van der Waals surface area contributed by atoms with E-state index < -0.39 is 5.97 Å². The molecular weight excluding hydrogens is 268 g/mol. The summed E-state index contributed by atoms with van der Waals surface area (Å²) in [6.45, 7) is 4.91. The quantitative estimate of drug-likeness (QED) is 0.612. The molecule has 0 saturated heterocycles. The molecule has 5 heteroatoms. The van der Waals surface area contributed by atoms with Crippen LogP contribution in [0.1, 0.15) is 65.2 Å². The van der Waals surface area contributed by atoms with Gasteiger partial charge in [-0.1, -0.05) is 33.1 Å². The van der Waals surface area contributed by atoms with Crippen molar-refractivity contribution in [2.75, 3.05) is 6.54 Å². The summed E-state index contributed by atoms with van der Waals surface area (Å²) < 4.78 is 0. The molecule has 3 unspecified atom stereocenters. The van der Waals surface area contributed by atoms with Crippen LogP contribution in [0, 0.1) is 11.8 Å². The molecule has 5 nitrogen and oxygen atoms in total. The number of hydrogen-bond acceptors (Lipinski definition) is 2. The molecule has 1 saturated carbocycles. The fraction of sp³-hybridized carbons (Fsp3) is 0.875. The van der Waals surface area contributed by atoms with Crippen molar-refractivity contribution in [3.05, 3.63) is 0 Å². The average molecular weight is 298 g/mol. The minimum absolute atomic E-state index is 0.0813. The first-order chi connectivity index (χ1) is 10.0. The number of urea groups is 1. The topological polar surface area (TPSA) is 78.4 Å². The van der Waals surface area contributed by atoms with Crippen LogP contribution in [0.25, 0.3) is 0 Å². The van der Waals surface area contributed by atoms with Crippen molar-refractivity contribution in [1.29, 1.82) is 0 Å². The number of carbonyl (C=O) groups is 2. The second kappa shape index (κ2) is 9.64. The molecule has 0 bridgehead atoms. The third kappa shape index (κ3) is 7.34. The summed E-state index contributed by atoms with van der Waals surface area (Å²) in [5.74, 6) is 0.216. The van der Waals surface area contributed by atoms with E-state index in [0.717, 1.165) is 25.7 Å². The molecule has 0 heterocycles. The van der Waals surface area contributed by atoms with Gasteiger partial charge in [-0.25, -0.2) is 4.79 Å². The maximum atomic E-state index is 11.8. The first kappa shape index (κ1) is 17.8. The van der Waals surface area contributed by atoms with Gasteiger partial charge in [-0.3, -0.25) is 4.79 Å². The Kier molecular flexibility index (Phi) is 8.16. The Labute approximate surface area is 127 Å². The molecule has 0 aliphatic heterocycles. The molecule has 3 atom stereocenters. The summed E-state index contributed by atoms with van der Waals surface area (Å²) in [7, 11) is 0. The van der Waals surface area contributed by atoms with Crippen LogP contribution in [0.2, 0.25) is 0 Å². The van der Waals surface area contributed by atoms with Gasteiger partial charge in [0.05, 0.1) is 0 Å². The van der Waals surface area contributed by atoms with Crippen molar-refractivity contribution >= 4 is 12.0 Å². The summed E-state index contributed by atoms with van der Waals surface area (Å²) in [5, 5.41) is 14.7. The summed E-state index contributed by atoms with van der Waals surface area (Å²) in [5.41, 5.74) is 0. The van der Waals surface area contributed by atoms with Gasteiger partial charge in [0.15, 0.2) is 0 Å². The lowest BCUT2D eigenvalue weighted by Gasteiger charge is -2.19. The van der Waals surface area contributed by atoms with Gasteiger partial charge in [-0.05, 0) is 37.5 Å². The van der Waals surface area contributed by atoms with E-state index in [1.807, 2.05) is 0 Å². The van der Waals surface area contributed by atoms with Crippen molar-refractivity contribution in [3.63, 3.8) is 0 Å². The van der Waals surface area contributed by atoms with Gasteiger partial charge in [0.2, 0.25) is 0 Å². The van der Waals surface area contributed by atoms with Crippen LogP contribution in [-0.2, 0) is 4.79 Å². The molecule has 2 amide bonds. The number of hydrogen-bond donors (Lipinski definition) is 3. The lowest BCUT2D eigenvalue weighted by molar-refractivity contribution is -0.137. The van der Waals surface area contributed by atoms with Crippen molar-refractivity contribution in [3.8, 4) is 0 Å². The van der Waals surface area contributed by atoms with Crippen molar-refractivity contribution in [2.24, 2.45) is 11.8 Å². The molecule has 21 heavy (non-hydrogen) atoms. The first-order valence-corrected chi connectivity index (χ1v) is 8.29.